The van der Waals surface area contributed by atoms with Gasteiger partial charge in [-0.05, 0) is 68.1 Å². The van der Waals surface area contributed by atoms with E-state index in [0.717, 1.165) is 22.5 Å². The molecule has 2 aromatic rings. The van der Waals surface area contributed by atoms with Crippen molar-refractivity contribution in [1.29, 1.82) is 0 Å². The summed E-state index contributed by atoms with van der Waals surface area (Å²) in [6.45, 7) is 6.01. The molecule has 2 atom stereocenters. The van der Waals surface area contributed by atoms with Crippen molar-refractivity contribution in [3.05, 3.63) is 59.9 Å². The van der Waals surface area contributed by atoms with Crippen LogP contribution in [0.2, 0.25) is 0 Å². The van der Waals surface area contributed by atoms with Gasteiger partial charge < -0.3 is 15.0 Å². The standard InChI is InChI=1S/C27H38FN3O5S/c1-6-20(3)29-27(33)25(7-2)30(19-21-10-16-24(36-4)17-11-21)26(32)9-8-18-31(37(5,34)35)23-14-12-22(28)13-15-23/h10-17,20,25H,6-9,18-19H2,1-5H3,(H,29,33)/t20-,25-/m0/s1. The summed E-state index contributed by atoms with van der Waals surface area (Å²) < 4.78 is 44.4. The second-order valence-corrected chi connectivity index (χ2v) is 10.9. The van der Waals surface area contributed by atoms with Crippen LogP contribution in [0, 0.1) is 5.82 Å². The number of sulfonamides is 1. The van der Waals surface area contributed by atoms with E-state index in [2.05, 4.69) is 5.32 Å². The van der Waals surface area contributed by atoms with Crippen molar-refractivity contribution in [3.8, 4) is 5.75 Å². The lowest BCUT2D eigenvalue weighted by molar-refractivity contribution is -0.141. The number of nitrogens with zero attached hydrogens (tertiary/aromatic N) is 2. The number of rotatable bonds is 14. The molecule has 8 nitrogen and oxygen atoms in total. The number of ether oxygens (including phenoxy) is 1. The molecule has 0 aliphatic carbocycles. The average Bonchev–Trinajstić information content (AvgIpc) is 2.86. The second kappa shape index (κ2) is 14.0. The first-order chi connectivity index (χ1) is 17.5. The number of carbonyl (C=O) groups is 2. The van der Waals surface area contributed by atoms with Gasteiger partial charge in [-0.3, -0.25) is 13.9 Å². The van der Waals surface area contributed by atoms with E-state index in [1.54, 1.807) is 24.1 Å². The van der Waals surface area contributed by atoms with Crippen molar-refractivity contribution < 1.29 is 27.1 Å². The lowest BCUT2D eigenvalue weighted by Crippen LogP contribution is -2.50. The first-order valence-corrected chi connectivity index (χ1v) is 14.3. The Hall–Kier alpha value is -3.14. The summed E-state index contributed by atoms with van der Waals surface area (Å²) >= 11 is 0. The van der Waals surface area contributed by atoms with Gasteiger partial charge >= 0.3 is 0 Å². The van der Waals surface area contributed by atoms with E-state index in [1.807, 2.05) is 32.9 Å². The monoisotopic (exact) mass is 535 g/mol. The highest BCUT2D eigenvalue weighted by Crippen LogP contribution is 2.21. The number of hydrogen-bond acceptors (Lipinski definition) is 5. The maximum Gasteiger partial charge on any atom is 0.243 e. The Bertz CT molecular complexity index is 1120. The van der Waals surface area contributed by atoms with Crippen LogP contribution in [-0.2, 0) is 26.2 Å². The summed E-state index contributed by atoms with van der Waals surface area (Å²) in [6.07, 6.45) is 2.53. The molecule has 0 aromatic heterocycles. The largest absolute Gasteiger partial charge is 0.497 e. The molecule has 0 aliphatic heterocycles. The maximum absolute atomic E-state index is 13.4. The van der Waals surface area contributed by atoms with E-state index < -0.39 is 21.9 Å². The fourth-order valence-electron chi connectivity index (χ4n) is 3.90. The molecule has 0 heterocycles. The van der Waals surface area contributed by atoms with Crippen LogP contribution in [0.5, 0.6) is 5.75 Å². The SMILES string of the molecule is CC[C@H](C)NC(=O)[C@H](CC)N(Cc1ccc(OC)cc1)C(=O)CCCN(c1ccc(F)cc1)S(C)(=O)=O. The van der Waals surface area contributed by atoms with Gasteiger partial charge in [0.25, 0.3) is 0 Å². The van der Waals surface area contributed by atoms with E-state index in [-0.39, 0.29) is 43.8 Å². The minimum absolute atomic E-state index is 0.0292. The fourth-order valence-corrected chi connectivity index (χ4v) is 4.86. The first kappa shape index (κ1) is 30.1. The molecule has 204 valence electrons. The predicted octanol–water partition coefficient (Wildman–Crippen LogP) is 4.10. The first-order valence-electron chi connectivity index (χ1n) is 12.5. The van der Waals surface area contributed by atoms with Crippen LogP contribution in [0.15, 0.2) is 48.5 Å². The molecule has 37 heavy (non-hydrogen) atoms. The molecular weight excluding hydrogens is 497 g/mol. The number of halogens is 1. The van der Waals surface area contributed by atoms with Gasteiger partial charge in [0.15, 0.2) is 0 Å². The quantitative estimate of drug-likeness (QED) is 0.393. The van der Waals surface area contributed by atoms with E-state index in [9.17, 15) is 22.4 Å². The highest BCUT2D eigenvalue weighted by Gasteiger charge is 2.29. The number of amides is 2. The summed E-state index contributed by atoms with van der Waals surface area (Å²) in [5.41, 5.74) is 1.17. The Kier molecular flexibility index (Phi) is 11.4. The van der Waals surface area contributed by atoms with Gasteiger partial charge in [0.05, 0.1) is 19.1 Å². The Morgan fingerprint density at radius 1 is 1.03 bits per heavy atom. The topological polar surface area (TPSA) is 96.0 Å². The molecule has 0 radical (unpaired) electrons. The Morgan fingerprint density at radius 2 is 1.65 bits per heavy atom. The maximum atomic E-state index is 13.4. The van der Waals surface area contributed by atoms with Crippen molar-refractivity contribution >= 4 is 27.5 Å². The van der Waals surface area contributed by atoms with Crippen molar-refractivity contribution in [2.24, 2.45) is 0 Å². The lowest BCUT2D eigenvalue weighted by Gasteiger charge is -2.32. The van der Waals surface area contributed by atoms with Crippen LogP contribution in [0.4, 0.5) is 10.1 Å². The zero-order valence-corrected chi connectivity index (χ0v) is 23.1. The van der Waals surface area contributed by atoms with Crippen LogP contribution < -0.4 is 14.4 Å². The van der Waals surface area contributed by atoms with Gasteiger partial charge in [-0.2, -0.15) is 0 Å². The smallest absolute Gasteiger partial charge is 0.243 e. The Balaban J connectivity index is 2.22. The normalized spacial score (nSPS) is 12.9. The van der Waals surface area contributed by atoms with Crippen LogP contribution >= 0.6 is 0 Å². The molecule has 0 fully saturated rings. The van der Waals surface area contributed by atoms with Crippen molar-refractivity contribution in [2.45, 2.75) is 65.1 Å². The molecule has 0 saturated heterocycles. The van der Waals surface area contributed by atoms with E-state index in [0.29, 0.717) is 17.9 Å². The zero-order chi connectivity index (χ0) is 27.6. The Labute approximate surface area is 219 Å². The van der Waals surface area contributed by atoms with Crippen LogP contribution in [-0.4, -0.2) is 57.1 Å². The zero-order valence-electron chi connectivity index (χ0n) is 22.2. The summed E-state index contributed by atoms with van der Waals surface area (Å²) in [7, 11) is -2.07. The third-order valence-corrected chi connectivity index (χ3v) is 7.36. The predicted molar refractivity (Wildman–Crippen MR) is 143 cm³/mol. The highest BCUT2D eigenvalue weighted by molar-refractivity contribution is 7.92. The third-order valence-electron chi connectivity index (χ3n) is 6.17. The number of benzene rings is 2. The van der Waals surface area contributed by atoms with Gasteiger partial charge in [0.2, 0.25) is 21.8 Å². The molecule has 10 heteroatoms. The number of hydrogen-bond donors (Lipinski definition) is 1. The van der Waals surface area contributed by atoms with Gasteiger partial charge in [-0.1, -0.05) is 26.0 Å². The van der Waals surface area contributed by atoms with Crippen LogP contribution in [0.3, 0.4) is 0 Å². The third kappa shape index (κ3) is 9.03. The molecule has 2 amide bonds. The summed E-state index contributed by atoms with van der Waals surface area (Å²) in [5.74, 6) is -0.259. The van der Waals surface area contributed by atoms with Gasteiger partial charge in [0.1, 0.15) is 17.6 Å². The molecule has 0 unspecified atom stereocenters. The second-order valence-electron chi connectivity index (χ2n) is 9.03. The lowest BCUT2D eigenvalue weighted by atomic mass is 10.1. The number of nitrogens with one attached hydrogen (secondary N) is 1. The summed E-state index contributed by atoms with van der Waals surface area (Å²) in [6, 6.07) is 11.7. The molecule has 2 aromatic carbocycles. The van der Waals surface area contributed by atoms with Crippen LogP contribution in [0.1, 0.15) is 52.0 Å². The van der Waals surface area contributed by atoms with E-state index in [1.165, 1.54) is 24.3 Å². The number of carbonyl (C=O) groups excluding carboxylic acids is 2. The minimum atomic E-state index is -3.65. The minimum Gasteiger partial charge on any atom is -0.497 e. The van der Waals surface area contributed by atoms with Crippen molar-refractivity contribution in [2.75, 3.05) is 24.2 Å². The number of methoxy groups -OCH3 is 1. The molecule has 0 spiro atoms. The molecule has 0 bridgehead atoms. The van der Waals surface area contributed by atoms with Crippen molar-refractivity contribution in [1.82, 2.24) is 10.2 Å². The average molecular weight is 536 g/mol. The van der Waals surface area contributed by atoms with Gasteiger partial charge in [-0.25, -0.2) is 12.8 Å². The molecular formula is C27H38FN3O5S. The van der Waals surface area contributed by atoms with E-state index in [4.69, 9.17) is 4.74 Å². The molecule has 1 N–H and O–H groups in total. The molecule has 0 saturated carbocycles. The fraction of sp³-hybridized carbons (Fsp3) is 0.481. The summed E-state index contributed by atoms with van der Waals surface area (Å²) in [4.78, 5) is 28.1. The Morgan fingerprint density at radius 3 is 2.16 bits per heavy atom. The van der Waals surface area contributed by atoms with Crippen molar-refractivity contribution in [3.63, 3.8) is 0 Å². The molecule has 0 aliphatic rings. The van der Waals surface area contributed by atoms with Gasteiger partial charge in [0, 0.05) is 25.6 Å². The summed E-state index contributed by atoms with van der Waals surface area (Å²) in [5, 5.41) is 2.97. The van der Waals surface area contributed by atoms with E-state index >= 15 is 0 Å². The highest BCUT2D eigenvalue weighted by atomic mass is 32.2. The number of anilines is 1. The van der Waals surface area contributed by atoms with Crippen LogP contribution in [0.25, 0.3) is 0 Å². The van der Waals surface area contributed by atoms with Gasteiger partial charge in [-0.15, -0.1) is 0 Å². The molecule has 2 rings (SSSR count).